The maximum absolute atomic E-state index is 11.8. The molecule has 0 atom stereocenters. The van der Waals surface area contributed by atoms with Gasteiger partial charge in [-0.25, -0.2) is 9.97 Å². The van der Waals surface area contributed by atoms with Crippen LogP contribution in [0.1, 0.15) is 5.56 Å². The minimum absolute atomic E-state index is 0.257. The first-order valence-electron chi connectivity index (χ1n) is 5.78. The molecular formula is C14H12ClN3OS. The van der Waals surface area contributed by atoms with Gasteiger partial charge in [0.15, 0.2) is 5.16 Å². The first kappa shape index (κ1) is 14.6. The summed E-state index contributed by atoms with van der Waals surface area (Å²) in [5, 5.41) is 3.90. The van der Waals surface area contributed by atoms with Crippen LogP contribution in [0.4, 0.5) is 5.69 Å². The summed E-state index contributed by atoms with van der Waals surface area (Å²) >= 11 is 7.42. The van der Waals surface area contributed by atoms with Crippen LogP contribution in [0.25, 0.3) is 6.08 Å². The standard InChI is InChI=1S/C14H12ClN3OS/c1-20-14-16-8-10(9-17-14)6-7-13(19)18-12-5-3-2-4-11(12)15/h2-9H,1H3,(H,18,19)/b7-6+. The molecule has 0 radical (unpaired) electrons. The SMILES string of the molecule is CSc1ncc(/C=C/C(=O)Nc2ccccc2Cl)cn1. The van der Waals surface area contributed by atoms with E-state index < -0.39 is 0 Å². The van der Waals surface area contributed by atoms with E-state index in [0.717, 1.165) is 5.56 Å². The minimum atomic E-state index is -0.257. The Hall–Kier alpha value is -1.85. The topological polar surface area (TPSA) is 54.9 Å². The van der Waals surface area contributed by atoms with Crippen molar-refractivity contribution in [3.8, 4) is 0 Å². The van der Waals surface area contributed by atoms with Crippen molar-refractivity contribution in [1.82, 2.24) is 9.97 Å². The number of carbonyl (C=O) groups is 1. The monoisotopic (exact) mass is 305 g/mol. The van der Waals surface area contributed by atoms with Crippen LogP contribution in [0.15, 0.2) is 47.9 Å². The molecule has 6 heteroatoms. The predicted octanol–water partition coefficient (Wildman–Crippen LogP) is 3.50. The van der Waals surface area contributed by atoms with Crippen molar-refractivity contribution in [3.05, 3.63) is 53.3 Å². The number of halogens is 1. The third-order valence-corrected chi connectivity index (χ3v) is 3.30. The van der Waals surface area contributed by atoms with Gasteiger partial charge >= 0.3 is 0 Å². The third kappa shape index (κ3) is 4.08. The van der Waals surface area contributed by atoms with E-state index in [1.807, 2.05) is 6.26 Å². The summed E-state index contributed by atoms with van der Waals surface area (Å²) in [5.41, 5.74) is 1.34. The average molecular weight is 306 g/mol. The van der Waals surface area contributed by atoms with Crippen molar-refractivity contribution in [2.45, 2.75) is 5.16 Å². The van der Waals surface area contributed by atoms with E-state index in [4.69, 9.17) is 11.6 Å². The number of hydrogen-bond acceptors (Lipinski definition) is 4. The van der Waals surface area contributed by atoms with E-state index in [2.05, 4.69) is 15.3 Å². The first-order chi connectivity index (χ1) is 9.69. The second-order valence-electron chi connectivity index (χ2n) is 3.81. The highest BCUT2D eigenvalue weighted by Crippen LogP contribution is 2.20. The lowest BCUT2D eigenvalue weighted by Gasteiger charge is -2.03. The van der Waals surface area contributed by atoms with Crippen molar-refractivity contribution < 1.29 is 4.79 Å². The van der Waals surface area contributed by atoms with Gasteiger partial charge in [0.1, 0.15) is 0 Å². The zero-order chi connectivity index (χ0) is 14.4. The third-order valence-electron chi connectivity index (χ3n) is 2.39. The summed E-state index contributed by atoms with van der Waals surface area (Å²) in [7, 11) is 0. The molecule has 102 valence electrons. The Morgan fingerprint density at radius 1 is 1.30 bits per heavy atom. The number of nitrogens with one attached hydrogen (secondary N) is 1. The van der Waals surface area contributed by atoms with Gasteiger partial charge in [-0.3, -0.25) is 4.79 Å². The number of nitrogens with zero attached hydrogens (tertiary/aromatic N) is 2. The average Bonchev–Trinajstić information content (AvgIpc) is 2.48. The van der Waals surface area contributed by atoms with E-state index in [1.165, 1.54) is 17.8 Å². The fraction of sp³-hybridized carbons (Fsp3) is 0.0714. The lowest BCUT2D eigenvalue weighted by Crippen LogP contribution is -2.07. The number of rotatable bonds is 4. The molecule has 20 heavy (non-hydrogen) atoms. The smallest absolute Gasteiger partial charge is 0.248 e. The van der Waals surface area contributed by atoms with Crippen LogP contribution in [-0.4, -0.2) is 22.1 Å². The van der Waals surface area contributed by atoms with Crippen LogP contribution in [-0.2, 0) is 4.79 Å². The van der Waals surface area contributed by atoms with Gasteiger partial charge in [0.25, 0.3) is 0 Å². The maximum atomic E-state index is 11.8. The van der Waals surface area contributed by atoms with E-state index in [1.54, 1.807) is 42.7 Å². The summed E-state index contributed by atoms with van der Waals surface area (Å²) < 4.78 is 0. The summed E-state index contributed by atoms with van der Waals surface area (Å²) in [5.74, 6) is -0.257. The molecule has 2 aromatic rings. The normalized spacial score (nSPS) is 10.7. The zero-order valence-electron chi connectivity index (χ0n) is 10.7. The van der Waals surface area contributed by atoms with E-state index in [9.17, 15) is 4.79 Å². The highest BCUT2D eigenvalue weighted by molar-refractivity contribution is 7.98. The molecule has 0 fully saturated rings. The molecule has 0 aliphatic carbocycles. The van der Waals surface area contributed by atoms with Crippen LogP contribution in [0.3, 0.4) is 0 Å². The molecule has 1 aromatic carbocycles. The molecule has 1 heterocycles. The van der Waals surface area contributed by atoms with Gasteiger partial charge in [0, 0.05) is 24.0 Å². The highest BCUT2D eigenvalue weighted by Gasteiger charge is 2.01. The van der Waals surface area contributed by atoms with Crippen LogP contribution in [0.5, 0.6) is 0 Å². The molecule has 0 aliphatic rings. The first-order valence-corrected chi connectivity index (χ1v) is 7.39. The van der Waals surface area contributed by atoms with Gasteiger partial charge < -0.3 is 5.32 Å². The number of thioether (sulfide) groups is 1. The second kappa shape index (κ2) is 7.07. The van der Waals surface area contributed by atoms with Crippen LogP contribution >= 0.6 is 23.4 Å². The Kier molecular flexibility index (Phi) is 5.15. The zero-order valence-corrected chi connectivity index (χ0v) is 12.3. The van der Waals surface area contributed by atoms with Crippen molar-refractivity contribution >= 4 is 41.0 Å². The minimum Gasteiger partial charge on any atom is -0.321 e. The Bertz CT molecular complexity index is 629. The molecule has 0 aliphatic heterocycles. The fourth-order valence-electron chi connectivity index (χ4n) is 1.43. The van der Waals surface area contributed by atoms with Crippen molar-refractivity contribution in [2.24, 2.45) is 0 Å². The maximum Gasteiger partial charge on any atom is 0.248 e. The molecule has 1 N–H and O–H groups in total. The Balaban J connectivity index is 2.00. The van der Waals surface area contributed by atoms with Gasteiger partial charge in [-0.05, 0) is 24.5 Å². The molecule has 4 nitrogen and oxygen atoms in total. The number of aromatic nitrogens is 2. The van der Waals surface area contributed by atoms with Crippen molar-refractivity contribution in [1.29, 1.82) is 0 Å². The number of carbonyl (C=O) groups excluding carboxylic acids is 1. The van der Waals surface area contributed by atoms with Gasteiger partial charge in [0.2, 0.25) is 5.91 Å². The lowest BCUT2D eigenvalue weighted by molar-refractivity contribution is -0.111. The Morgan fingerprint density at radius 2 is 2.00 bits per heavy atom. The Morgan fingerprint density at radius 3 is 2.65 bits per heavy atom. The van der Waals surface area contributed by atoms with Crippen LogP contribution in [0, 0.1) is 0 Å². The highest BCUT2D eigenvalue weighted by atomic mass is 35.5. The number of amides is 1. The molecule has 2 rings (SSSR count). The molecule has 0 saturated heterocycles. The van der Waals surface area contributed by atoms with Gasteiger partial charge in [-0.1, -0.05) is 35.5 Å². The molecule has 0 bridgehead atoms. The fourth-order valence-corrected chi connectivity index (χ4v) is 1.93. The van der Waals surface area contributed by atoms with Gasteiger partial charge in [-0.2, -0.15) is 0 Å². The molecule has 1 amide bonds. The molecule has 1 aromatic heterocycles. The second-order valence-corrected chi connectivity index (χ2v) is 4.99. The van der Waals surface area contributed by atoms with E-state index in [0.29, 0.717) is 15.9 Å². The van der Waals surface area contributed by atoms with Crippen molar-refractivity contribution in [2.75, 3.05) is 11.6 Å². The molecular weight excluding hydrogens is 294 g/mol. The van der Waals surface area contributed by atoms with Crippen molar-refractivity contribution in [3.63, 3.8) is 0 Å². The van der Waals surface area contributed by atoms with Crippen LogP contribution < -0.4 is 5.32 Å². The predicted molar refractivity (Wildman–Crippen MR) is 82.9 cm³/mol. The van der Waals surface area contributed by atoms with E-state index >= 15 is 0 Å². The molecule has 0 unspecified atom stereocenters. The molecule has 0 spiro atoms. The molecule has 0 saturated carbocycles. The van der Waals surface area contributed by atoms with Gasteiger partial charge in [-0.15, -0.1) is 0 Å². The largest absolute Gasteiger partial charge is 0.321 e. The number of anilines is 1. The van der Waals surface area contributed by atoms with Crippen LogP contribution in [0.2, 0.25) is 5.02 Å². The lowest BCUT2D eigenvalue weighted by atomic mass is 10.3. The summed E-state index contributed by atoms with van der Waals surface area (Å²) in [6.45, 7) is 0. The summed E-state index contributed by atoms with van der Waals surface area (Å²) in [6.07, 6.45) is 8.30. The Labute approximate surface area is 126 Å². The number of benzene rings is 1. The number of para-hydroxylation sites is 1. The summed E-state index contributed by atoms with van der Waals surface area (Å²) in [4.78, 5) is 20.0. The summed E-state index contributed by atoms with van der Waals surface area (Å²) in [6, 6.07) is 7.07. The quantitative estimate of drug-likeness (QED) is 0.533. The van der Waals surface area contributed by atoms with E-state index in [-0.39, 0.29) is 5.91 Å². The van der Waals surface area contributed by atoms with Gasteiger partial charge in [0.05, 0.1) is 10.7 Å². The number of hydrogen-bond donors (Lipinski definition) is 1.